The van der Waals surface area contributed by atoms with E-state index in [1.54, 1.807) is 31.5 Å². The molecule has 0 bridgehead atoms. The van der Waals surface area contributed by atoms with Gasteiger partial charge in [0.1, 0.15) is 19.1 Å². The van der Waals surface area contributed by atoms with Crippen molar-refractivity contribution in [1.29, 1.82) is 0 Å². The van der Waals surface area contributed by atoms with Crippen molar-refractivity contribution in [3.8, 4) is 0 Å². The Labute approximate surface area is 113 Å². The standard InChI is InChI=1S/C15H19FN3/c1-5-18(3)11-10-13(2)12-17-19(4)15-9-7-6-8-14(15)16/h5-12H,2H2,1,3-4H3/q+1/b11-10-,17-12?,18-5?. The van der Waals surface area contributed by atoms with Crippen LogP contribution < -0.4 is 5.01 Å². The lowest BCUT2D eigenvalue weighted by Crippen LogP contribution is -2.10. The van der Waals surface area contributed by atoms with Crippen molar-refractivity contribution in [3.63, 3.8) is 0 Å². The van der Waals surface area contributed by atoms with Crippen LogP contribution >= 0.6 is 0 Å². The smallest absolute Gasteiger partial charge is 0.168 e. The number of nitrogens with zero attached hydrogens (tertiary/aromatic N) is 3. The molecule has 0 N–H and O–H groups in total. The molecule has 0 aliphatic rings. The number of halogens is 1. The second-order valence-corrected chi connectivity index (χ2v) is 4.03. The van der Waals surface area contributed by atoms with Crippen LogP contribution in [0.1, 0.15) is 6.92 Å². The number of hydrazone groups is 1. The van der Waals surface area contributed by atoms with Crippen molar-refractivity contribution in [2.75, 3.05) is 19.1 Å². The fraction of sp³-hybridized carbons (Fsp3) is 0.200. The molecule has 19 heavy (non-hydrogen) atoms. The van der Waals surface area contributed by atoms with E-state index in [2.05, 4.69) is 11.7 Å². The number of allylic oxidation sites excluding steroid dienone is 2. The Morgan fingerprint density at radius 1 is 1.42 bits per heavy atom. The van der Waals surface area contributed by atoms with E-state index < -0.39 is 0 Å². The Morgan fingerprint density at radius 3 is 2.74 bits per heavy atom. The summed E-state index contributed by atoms with van der Waals surface area (Å²) in [6, 6.07) is 6.49. The summed E-state index contributed by atoms with van der Waals surface area (Å²) < 4.78 is 15.4. The normalized spacial score (nSPS) is 12.3. The number of benzene rings is 1. The van der Waals surface area contributed by atoms with Gasteiger partial charge in [-0.2, -0.15) is 5.10 Å². The van der Waals surface area contributed by atoms with Gasteiger partial charge >= 0.3 is 0 Å². The summed E-state index contributed by atoms with van der Waals surface area (Å²) in [5, 5.41) is 5.62. The predicted octanol–water partition coefficient (Wildman–Crippen LogP) is 3.05. The molecule has 1 aromatic carbocycles. The molecule has 0 unspecified atom stereocenters. The lowest BCUT2D eigenvalue weighted by atomic mass is 10.3. The molecule has 0 aromatic heterocycles. The molecule has 0 aliphatic carbocycles. The molecule has 0 aliphatic heterocycles. The zero-order valence-electron chi connectivity index (χ0n) is 11.5. The maximum Gasteiger partial charge on any atom is 0.168 e. The number of para-hydroxylation sites is 1. The van der Waals surface area contributed by atoms with Gasteiger partial charge in [-0.25, -0.2) is 8.97 Å². The third kappa shape index (κ3) is 4.87. The van der Waals surface area contributed by atoms with Crippen LogP contribution in [0.5, 0.6) is 0 Å². The molecule has 0 fully saturated rings. The molecule has 1 aromatic rings. The molecule has 0 spiro atoms. The van der Waals surface area contributed by atoms with Gasteiger partial charge < -0.3 is 0 Å². The highest BCUT2D eigenvalue weighted by Crippen LogP contribution is 2.16. The molecule has 100 valence electrons. The molecule has 0 heterocycles. The van der Waals surface area contributed by atoms with Crippen molar-refractivity contribution in [1.82, 2.24) is 0 Å². The van der Waals surface area contributed by atoms with Gasteiger partial charge in [0, 0.05) is 20.0 Å². The van der Waals surface area contributed by atoms with Crippen molar-refractivity contribution in [2.24, 2.45) is 5.10 Å². The summed E-state index contributed by atoms with van der Waals surface area (Å²) >= 11 is 0. The average Bonchev–Trinajstić information content (AvgIpc) is 2.42. The molecule has 1 rings (SSSR count). The largest absolute Gasteiger partial charge is 0.266 e. The number of hydrogen-bond acceptors (Lipinski definition) is 2. The van der Waals surface area contributed by atoms with E-state index in [0.717, 1.165) is 5.57 Å². The SMILES string of the molecule is C=C(C=NN(C)c1ccccc1F)/C=C\[N+](C)=CC. The van der Waals surface area contributed by atoms with Gasteiger partial charge in [-0.3, -0.25) is 5.01 Å². The Bertz CT molecular complexity index is 530. The lowest BCUT2D eigenvalue weighted by Gasteiger charge is -2.13. The summed E-state index contributed by atoms with van der Waals surface area (Å²) in [6.45, 7) is 5.79. The van der Waals surface area contributed by atoms with Gasteiger partial charge in [0.2, 0.25) is 0 Å². The molecule has 0 atom stereocenters. The number of hydrogen-bond donors (Lipinski definition) is 0. The van der Waals surface area contributed by atoms with E-state index in [4.69, 9.17) is 0 Å². The zero-order valence-corrected chi connectivity index (χ0v) is 11.5. The van der Waals surface area contributed by atoms with E-state index in [0.29, 0.717) is 5.69 Å². The van der Waals surface area contributed by atoms with Crippen molar-refractivity contribution >= 4 is 18.1 Å². The monoisotopic (exact) mass is 260 g/mol. The summed E-state index contributed by atoms with van der Waals surface area (Å²) in [6.07, 6.45) is 7.22. The van der Waals surface area contributed by atoms with Crippen LogP contribution in [-0.2, 0) is 0 Å². The summed E-state index contributed by atoms with van der Waals surface area (Å²) in [4.78, 5) is 0. The molecule has 0 saturated carbocycles. The van der Waals surface area contributed by atoms with Gasteiger partial charge in [0.15, 0.2) is 6.20 Å². The summed E-state index contributed by atoms with van der Waals surface area (Å²) in [5.74, 6) is -0.302. The third-order valence-corrected chi connectivity index (χ3v) is 2.53. The Balaban J connectivity index is 2.69. The van der Waals surface area contributed by atoms with Gasteiger partial charge in [-0.1, -0.05) is 18.7 Å². The van der Waals surface area contributed by atoms with Crippen LogP contribution in [0.4, 0.5) is 10.1 Å². The first-order chi connectivity index (χ1) is 9.04. The van der Waals surface area contributed by atoms with Gasteiger partial charge in [-0.15, -0.1) is 0 Å². The highest BCUT2D eigenvalue weighted by Gasteiger charge is 2.03. The third-order valence-electron chi connectivity index (χ3n) is 2.53. The van der Waals surface area contributed by atoms with Gasteiger partial charge in [0.05, 0.1) is 11.9 Å². The molecule has 4 heteroatoms. The van der Waals surface area contributed by atoms with E-state index in [1.807, 2.05) is 37.0 Å². The Hall–Kier alpha value is -2.23. The Morgan fingerprint density at radius 2 is 2.11 bits per heavy atom. The second kappa shape index (κ2) is 7.26. The quantitative estimate of drug-likeness (QED) is 0.344. The van der Waals surface area contributed by atoms with Crippen LogP contribution in [-0.4, -0.2) is 31.1 Å². The maximum absolute atomic E-state index is 13.5. The second-order valence-electron chi connectivity index (χ2n) is 4.03. The van der Waals surface area contributed by atoms with Crippen LogP contribution in [0.2, 0.25) is 0 Å². The van der Waals surface area contributed by atoms with Crippen LogP contribution in [0, 0.1) is 5.82 Å². The minimum Gasteiger partial charge on any atom is -0.266 e. The van der Waals surface area contributed by atoms with E-state index in [-0.39, 0.29) is 5.82 Å². The summed E-state index contributed by atoms with van der Waals surface area (Å²) in [5.41, 5.74) is 1.16. The van der Waals surface area contributed by atoms with Crippen molar-refractivity contribution < 1.29 is 8.97 Å². The van der Waals surface area contributed by atoms with Crippen LogP contribution in [0.3, 0.4) is 0 Å². The summed E-state index contributed by atoms with van der Waals surface area (Å²) in [7, 11) is 3.62. The molecular weight excluding hydrogens is 241 g/mol. The van der Waals surface area contributed by atoms with E-state index in [9.17, 15) is 4.39 Å². The van der Waals surface area contributed by atoms with E-state index >= 15 is 0 Å². The highest BCUT2D eigenvalue weighted by molar-refractivity contribution is 5.81. The van der Waals surface area contributed by atoms with Gasteiger partial charge in [0.25, 0.3) is 0 Å². The van der Waals surface area contributed by atoms with Crippen LogP contribution in [0.25, 0.3) is 0 Å². The first-order valence-corrected chi connectivity index (χ1v) is 5.95. The minimum absolute atomic E-state index is 0.302. The number of rotatable bonds is 5. The predicted molar refractivity (Wildman–Crippen MR) is 79.5 cm³/mol. The van der Waals surface area contributed by atoms with Gasteiger partial charge in [-0.05, 0) is 17.7 Å². The van der Waals surface area contributed by atoms with Crippen molar-refractivity contribution in [3.05, 3.63) is 54.5 Å². The average molecular weight is 260 g/mol. The maximum atomic E-state index is 13.5. The first-order valence-electron chi connectivity index (χ1n) is 5.95. The highest BCUT2D eigenvalue weighted by atomic mass is 19.1. The molecule has 0 saturated heterocycles. The fourth-order valence-electron chi connectivity index (χ4n) is 1.28. The van der Waals surface area contributed by atoms with Crippen molar-refractivity contribution in [2.45, 2.75) is 6.92 Å². The molecule has 0 amide bonds. The molecule has 0 radical (unpaired) electrons. The fourth-order valence-corrected chi connectivity index (χ4v) is 1.28. The minimum atomic E-state index is -0.302. The molecular formula is C15H19FN3+. The molecule has 3 nitrogen and oxygen atoms in total. The first kappa shape index (κ1) is 14.8. The Kier molecular flexibility index (Phi) is 5.67. The number of anilines is 1. The van der Waals surface area contributed by atoms with E-state index in [1.165, 1.54) is 11.1 Å². The lowest BCUT2D eigenvalue weighted by molar-refractivity contribution is -0.417. The topological polar surface area (TPSA) is 18.6 Å². The van der Waals surface area contributed by atoms with Crippen LogP contribution in [0.15, 0.2) is 53.8 Å². The zero-order chi connectivity index (χ0) is 14.3.